The lowest BCUT2D eigenvalue weighted by Gasteiger charge is -2.32. The molecule has 0 N–H and O–H groups in total. The van der Waals surface area contributed by atoms with Crippen molar-refractivity contribution in [2.75, 3.05) is 23.9 Å². The summed E-state index contributed by atoms with van der Waals surface area (Å²) in [6.45, 7) is 6.69. The van der Waals surface area contributed by atoms with E-state index < -0.39 is 0 Å². The fourth-order valence-corrected chi connectivity index (χ4v) is 5.47. The lowest BCUT2D eigenvalue weighted by Crippen LogP contribution is -2.36. The summed E-state index contributed by atoms with van der Waals surface area (Å²) in [6, 6.07) is 21.5. The SMILES string of the molecule is Cc1ccccc1N1C(Cc2ccc3c(oc4ccccc43)c2N2C=CN(C)C2C)=CN(C)C1C. The summed E-state index contributed by atoms with van der Waals surface area (Å²) in [4.78, 5) is 9.35. The second-order valence-corrected chi connectivity index (χ2v) is 9.80. The zero-order valence-electron chi connectivity index (χ0n) is 21.1. The van der Waals surface area contributed by atoms with Gasteiger partial charge in [-0.3, -0.25) is 0 Å². The third-order valence-electron chi connectivity index (χ3n) is 7.69. The van der Waals surface area contributed by atoms with Crippen molar-refractivity contribution in [2.24, 2.45) is 0 Å². The fraction of sp³-hybridized carbons (Fsp3) is 0.267. The van der Waals surface area contributed by atoms with E-state index >= 15 is 0 Å². The normalized spacial score (nSPS) is 20.1. The molecular formula is C30H32N4O. The first-order valence-electron chi connectivity index (χ1n) is 12.3. The molecule has 0 radical (unpaired) electrons. The highest BCUT2D eigenvalue weighted by Gasteiger charge is 2.31. The molecule has 2 aliphatic rings. The summed E-state index contributed by atoms with van der Waals surface area (Å²) in [7, 11) is 4.28. The maximum Gasteiger partial charge on any atom is 0.159 e. The van der Waals surface area contributed by atoms with Gasteiger partial charge in [0.25, 0.3) is 0 Å². The molecule has 35 heavy (non-hydrogen) atoms. The number of fused-ring (bicyclic) bond motifs is 3. The van der Waals surface area contributed by atoms with Crippen LogP contribution in [0.1, 0.15) is 25.0 Å². The van der Waals surface area contributed by atoms with Crippen molar-refractivity contribution in [3.8, 4) is 0 Å². The third-order valence-corrected chi connectivity index (χ3v) is 7.69. The maximum atomic E-state index is 6.52. The quantitative estimate of drug-likeness (QED) is 0.337. The fourth-order valence-electron chi connectivity index (χ4n) is 5.47. The second-order valence-electron chi connectivity index (χ2n) is 9.80. The van der Waals surface area contributed by atoms with Gasteiger partial charge in [0, 0.05) is 61.3 Å². The highest BCUT2D eigenvalue weighted by atomic mass is 16.3. The summed E-state index contributed by atoms with van der Waals surface area (Å²) in [6.07, 6.45) is 7.87. The molecule has 1 aromatic heterocycles. The van der Waals surface area contributed by atoms with Crippen LogP contribution in [0, 0.1) is 6.92 Å². The number of nitrogens with zero attached hydrogens (tertiary/aromatic N) is 4. The van der Waals surface area contributed by atoms with E-state index in [-0.39, 0.29) is 12.3 Å². The van der Waals surface area contributed by atoms with Gasteiger partial charge in [0.1, 0.15) is 17.9 Å². The number of allylic oxidation sites excluding steroid dienone is 1. The monoisotopic (exact) mass is 464 g/mol. The van der Waals surface area contributed by atoms with E-state index in [1.165, 1.54) is 22.5 Å². The van der Waals surface area contributed by atoms with Crippen molar-refractivity contribution in [2.45, 2.75) is 39.5 Å². The Morgan fingerprint density at radius 2 is 1.57 bits per heavy atom. The molecular weight excluding hydrogens is 432 g/mol. The molecule has 0 aliphatic carbocycles. The Morgan fingerprint density at radius 1 is 0.800 bits per heavy atom. The van der Waals surface area contributed by atoms with E-state index in [4.69, 9.17) is 4.42 Å². The highest BCUT2D eigenvalue weighted by Crippen LogP contribution is 2.42. The van der Waals surface area contributed by atoms with Crippen molar-refractivity contribution < 1.29 is 4.42 Å². The number of hydrogen-bond donors (Lipinski definition) is 0. The molecule has 0 amide bonds. The Balaban J connectivity index is 1.51. The van der Waals surface area contributed by atoms with Crippen LogP contribution in [0.2, 0.25) is 0 Å². The summed E-state index contributed by atoms with van der Waals surface area (Å²) < 4.78 is 6.52. The third kappa shape index (κ3) is 3.37. The van der Waals surface area contributed by atoms with Crippen LogP contribution in [0.25, 0.3) is 21.9 Å². The van der Waals surface area contributed by atoms with E-state index in [1.807, 2.05) is 6.07 Å². The summed E-state index contributed by atoms with van der Waals surface area (Å²) >= 11 is 0. The van der Waals surface area contributed by atoms with Gasteiger partial charge in [-0.1, -0.05) is 48.5 Å². The smallest absolute Gasteiger partial charge is 0.159 e. The van der Waals surface area contributed by atoms with Crippen LogP contribution in [0.4, 0.5) is 11.4 Å². The van der Waals surface area contributed by atoms with Crippen LogP contribution in [-0.2, 0) is 6.42 Å². The van der Waals surface area contributed by atoms with Gasteiger partial charge in [0.15, 0.2) is 5.58 Å². The second kappa shape index (κ2) is 8.12. The molecule has 0 saturated heterocycles. The molecule has 4 aromatic rings. The molecule has 3 aromatic carbocycles. The summed E-state index contributed by atoms with van der Waals surface area (Å²) in [5.74, 6) is 0. The Bertz CT molecular complexity index is 1480. The number of aryl methyl sites for hydroxylation is 1. The van der Waals surface area contributed by atoms with Crippen LogP contribution in [0.5, 0.6) is 0 Å². The average Bonchev–Trinajstić information content (AvgIpc) is 3.48. The molecule has 5 nitrogen and oxygen atoms in total. The number of hydrogen-bond acceptors (Lipinski definition) is 5. The first-order valence-corrected chi connectivity index (χ1v) is 12.3. The van der Waals surface area contributed by atoms with Crippen molar-refractivity contribution in [1.82, 2.24) is 9.80 Å². The number of rotatable bonds is 4. The van der Waals surface area contributed by atoms with Gasteiger partial charge >= 0.3 is 0 Å². The molecule has 0 spiro atoms. The minimum Gasteiger partial charge on any atom is -0.454 e. The summed E-state index contributed by atoms with van der Waals surface area (Å²) in [5, 5.41) is 2.32. The van der Waals surface area contributed by atoms with E-state index in [1.54, 1.807) is 0 Å². The molecule has 2 aliphatic heterocycles. The largest absolute Gasteiger partial charge is 0.454 e. The maximum absolute atomic E-state index is 6.52. The first kappa shape index (κ1) is 21.7. The highest BCUT2D eigenvalue weighted by molar-refractivity contribution is 6.09. The molecule has 0 saturated carbocycles. The Morgan fingerprint density at radius 3 is 2.34 bits per heavy atom. The zero-order chi connectivity index (χ0) is 24.3. The minimum absolute atomic E-state index is 0.208. The predicted octanol–water partition coefficient (Wildman–Crippen LogP) is 6.65. The van der Waals surface area contributed by atoms with E-state index in [0.717, 1.165) is 34.0 Å². The van der Waals surface area contributed by atoms with Crippen molar-refractivity contribution in [3.63, 3.8) is 0 Å². The van der Waals surface area contributed by atoms with Crippen molar-refractivity contribution in [1.29, 1.82) is 0 Å². The van der Waals surface area contributed by atoms with Crippen LogP contribution in [0.3, 0.4) is 0 Å². The van der Waals surface area contributed by atoms with Crippen LogP contribution in [0.15, 0.2) is 89.4 Å². The molecule has 5 heteroatoms. The van der Waals surface area contributed by atoms with E-state index in [9.17, 15) is 0 Å². The Hall–Kier alpha value is -3.86. The number of anilines is 2. The van der Waals surface area contributed by atoms with Crippen LogP contribution < -0.4 is 9.80 Å². The molecule has 0 fully saturated rings. The topological polar surface area (TPSA) is 26.1 Å². The lowest BCUT2D eigenvalue weighted by molar-refractivity contribution is 0.382. The van der Waals surface area contributed by atoms with Crippen molar-refractivity contribution >= 4 is 33.3 Å². The molecule has 2 unspecified atom stereocenters. The molecule has 6 rings (SSSR count). The average molecular weight is 465 g/mol. The first-order chi connectivity index (χ1) is 16.9. The minimum atomic E-state index is 0.208. The van der Waals surface area contributed by atoms with Gasteiger partial charge in [-0.05, 0) is 44.0 Å². The number of para-hydroxylation sites is 2. The van der Waals surface area contributed by atoms with Gasteiger partial charge in [-0.25, -0.2) is 0 Å². The Kier molecular flexibility index (Phi) is 5.03. The standard InChI is InChI=1S/C30H32N4O/c1-20-10-6-8-12-27(20)34-22(3)32(5)19-24(34)18-23-14-15-26-25-11-7-9-13-28(25)35-30(26)29(23)33-17-16-31(4)21(33)2/h6-17,19,21-22H,18H2,1-5H3. The van der Waals surface area contributed by atoms with Gasteiger partial charge in [0.2, 0.25) is 0 Å². The van der Waals surface area contributed by atoms with Gasteiger partial charge in [0.05, 0.1) is 5.69 Å². The predicted molar refractivity (Wildman–Crippen MR) is 145 cm³/mol. The van der Waals surface area contributed by atoms with Crippen molar-refractivity contribution in [3.05, 3.63) is 96.1 Å². The number of benzene rings is 3. The lowest BCUT2D eigenvalue weighted by atomic mass is 10.0. The molecule has 0 bridgehead atoms. The zero-order valence-corrected chi connectivity index (χ0v) is 21.1. The van der Waals surface area contributed by atoms with E-state index in [2.05, 4.69) is 128 Å². The summed E-state index contributed by atoms with van der Waals surface area (Å²) in [5.41, 5.74) is 8.13. The molecule has 3 heterocycles. The molecule has 2 atom stereocenters. The van der Waals surface area contributed by atoms with Gasteiger partial charge in [-0.2, -0.15) is 0 Å². The van der Waals surface area contributed by atoms with Crippen LogP contribution >= 0.6 is 0 Å². The Labute approximate surface area is 207 Å². The van der Waals surface area contributed by atoms with Crippen LogP contribution in [-0.4, -0.2) is 36.2 Å². The van der Waals surface area contributed by atoms with Gasteiger partial charge < -0.3 is 24.0 Å². The molecule has 178 valence electrons. The van der Waals surface area contributed by atoms with Gasteiger partial charge in [-0.15, -0.1) is 0 Å². The number of furan rings is 1. The van der Waals surface area contributed by atoms with E-state index in [0.29, 0.717) is 0 Å².